The number of piperazine rings is 1. The van der Waals surface area contributed by atoms with Crippen LogP contribution in [0, 0.1) is 0 Å². The van der Waals surface area contributed by atoms with Gasteiger partial charge in [-0.15, -0.1) is 0 Å². The Kier molecular flexibility index (Phi) is 4.70. The molecule has 0 aromatic carbocycles. The van der Waals surface area contributed by atoms with E-state index in [4.69, 9.17) is 4.74 Å². The number of fused-ring (bicyclic) bond motifs is 1. The van der Waals surface area contributed by atoms with E-state index in [1.807, 2.05) is 6.07 Å². The molecule has 0 saturated carbocycles. The van der Waals surface area contributed by atoms with Crippen LogP contribution in [0.2, 0.25) is 0 Å². The fourth-order valence-electron chi connectivity index (χ4n) is 4.04. The Labute approximate surface area is 163 Å². The predicted molar refractivity (Wildman–Crippen MR) is 107 cm³/mol. The first-order valence-electron chi connectivity index (χ1n) is 9.83. The maximum Gasteiger partial charge on any atom is 0.140 e. The topological polar surface area (TPSA) is 80.2 Å². The van der Waals surface area contributed by atoms with Gasteiger partial charge in [0, 0.05) is 68.7 Å². The van der Waals surface area contributed by atoms with E-state index in [9.17, 15) is 0 Å². The lowest BCUT2D eigenvalue weighted by molar-refractivity contribution is 0.0845. The summed E-state index contributed by atoms with van der Waals surface area (Å²) in [6, 6.07) is 4.15. The van der Waals surface area contributed by atoms with Crippen molar-refractivity contribution in [2.45, 2.75) is 18.8 Å². The van der Waals surface area contributed by atoms with Gasteiger partial charge in [-0.25, -0.2) is 19.9 Å². The van der Waals surface area contributed by atoms with Gasteiger partial charge < -0.3 is 14.5 Å². The van der Waals surface area contributed by atoms with Gasteiger partial charge in [-0.2, -0.15) is 0 Å². The smallest absolute Gasteiger partial charge is 0.140 e. The number of nitrogens with zero attached hydrogens (tertiary/aromatic N) is 7. The van der Waals surface area contributed by atoms with E-state index in [0.717, 1.165) is 80.5 Å². The summed E-state index contributed by atoms with van der Waals surface area (Å²) in [6.45, 7) is 5.24. The minimum Gasteiger partial charge on any atom is -0.381 e. The van der Waals surface area contributed by atoms with Crippen LogP contribution >= 0.6 is 0 Å². The molecule has 0 radical (unpaired) electrons. The van der Waals surface area contributed by atoms with Crippen molar-refractivity contribution in [3.8, 4) is 0 Å². The summed E-state index contributed by atoms with van der Waals surface area (Å²) in [4.78, 5) is 26.7. The van der Waals surface area contributed by atoms with Crippen molar-refractivity contribution in [1.29, 1.82) is 0 Å². The SMILES string of the molecule is c1cc2c(N3CCN(c4cc(C5CCOCC5)ncn4)CC3)ncnc2cn1. The molecule has 2 saturated heterocycles. The molecule has 0 spiro atoms. The molecule has 0 atom stereocenters. The van der Waals surface area contributed by atoms with Crippen molar-refractivity contribution < 1.29 is 4.74 Å². The highest BCUT2D eigenvalue weighted by Gasteiger charge is 2.23. The van der Waals surface area contributed by atoms with Crippen molar-refractivity contribution in [2.75, 3.05) is 49.2 Å². The molecule has 5 rings (SSSR count). The molecule has 0 N–H and O–H groups in total. The predicted octanol–water partition coefficient (Wildman–Crippen LogP) is 2.04. The molecular weight excluding hydrogens is 354 g/mol. The van der Waals surface area contributed by atoms with Crippen molar-refractivity contribution in [1.82, 2.24) is 24.9 Å². The zero-order valence-electron chi connectivity index (χ0n) is 15.7. The van der Waals surface area contributed by atoms with E-state index < -0.39 is 0 Å². The van der Waals surface area contributed by atoms with Gasteiger partial charge in [-0.3, -0.25) is 4.98 Å². The monoisotopic (exact) mass is 377 g/mol. The Balaban J connectivity index is 1.31. The van der Waals surface area contributed by atoms with Crippen molar-refractivity contribution >= 4 is 22.5 Å². The molecule has 2 fully saturated rings. The standard InChI is InChI=1S/C20H23N7O/c1-4-21-12-18-16(1)20(25-14-23-18)27-7-5-26(6-8-27)19-11-17(22-13-24-19)15-2-9-28-10-3-15/h1,4,11-15H,2-3,5-10H2. The fraction of sp³-hybridized carbons (Fsp3) is 0.450. The average molecular weight is 377 g/mol. The van der Waals surface area contributed by atoms with Crippen molar-refractivity contribution in [3.63, 3.8) is 0 Å². The van der Waals surface area contributed by atoms with Crippen LogP contribution in [0.4, 0.5) is 11.6 Å². The lowest BCUT2D eigenvalue weighted by atomic mass is 9.96. The molecule has 2 aliphatic rings. The largest absolute Gasteiger partial charge is 0.381 e. The van der Waals surface area contributed by atoms with Gasteiger partial charge in [-0.1, -0.05) is 0 Å². The van der Waals surface area contributed by atoms with Crippen LogP contribution in [0.1, 0.15) is 24.5 Å². The number of rotatable bonds is 3. The molecule has 0 bridgehead atoms. The average Bonchev–Trinajstić information content (AvgIpc) is 2.79. The Morgan fingerprint density at radius 2 is 1.68 bits per heavy atom. The summed E-state index contributed by atoms with van der Waals surface area (Å²) < 4.78 is 5.48. The van der Waals surface area contributed by atoms with Crippen LogP contribution in [0.25, 0.3) is 10.9 Å². The van der Waals surface area contributed by atoms with E-state index in [0.29, 0.717) is 5.92 Å². The van der Waals surface area contributed by atoms with Gasteiger partial charge >= 0.3 is 0 Å². The number of hydrogen-bond acceptors (Lipinski definition) is 8. The highest BCUT2D eigenvalue weighted by Crippen LogP contribution is 2.28. The van der Waals surface area contributed by atoms with Gasteiger partial charge in [0.1, 0.15) is 24.3 Å². The van der Waals surface area contributed by atoms with Gasteiger partial charge in [0.05, 0.1) is 11.7 Å². The molecule has 0 amide bonds. The maximum atomic E-state index is 5.48. The van der Waals surface area contributed by atoms with Crippen LogP contribution < -0.4 is 9.80 Å². The quantitative estimate of drug-likeness (QED) is 0.686. The van der Waals surface area contributed by atoms with Crippen LogP contribution in [-0.4, -0.2) is 64.3 Å². The Bertz CT molecular complexity index is 947. The Morgan fingerprint density at radius 1 is 0.893 bits per heavy atom. The summed E-state index contributed by atoms with van der Waals surface area (Å²) in [6.07, 6.45) is 8.99. The summed E-state index contributed by atoms with van der Waals surface area (Å²) in [5, 5.41) is 1.05. The van der Waals surface area contributed by atoms with Crippen LogP contribution in [0.3, 0.4) is 0 Å². The number of pyridine rings is 1. The second-order valence-corrected chi connectivity index (χ2v) is 7.25. The number of ether oxygens (including phenoxy) is 1. The van der Waals surface area contributed by atoms with E-state index in [1.165, 1.54) is 0 Å². The molecule has 8 nitrogen and oxygen atoms in total. The van der Waals surface area contributed by atoms with Gasteiger partial charge in [0.25, 0.3) is 0 Å². The zero-order chi connectivity index (χ0) is 18.8. The molecule has 8 heteroatoms. The molecule has 3 aromatic rings. The second kappa shape index (κ2) is 7.63. The molecule has 0 aliphatic carbocycles. The molecule has 28 heavy (non-hydrogen) atoms. The molecular formula is C20H23N7O. The van der Waals surface area contributed by atoms with Gasteiger partial charge in [0.2, 0.25) is 0 Å². The molecule has 2 aliphatic heterocycles. The first kappa shape index (κ1) is 17.2. The van der Waals surface area contributed by atoms with Crippen LogP contribution in [0.15, 0.2) is 37.2 Å². The maximum absolute atomic E-state index is 5.48. The first-order valence-corrected chi connectivity index (χ1v) is 9.83. The van der Waals surface area contributed by atoms with Crippen LogP contribution in [-0.2, 0) is 4.74 Å². The van der Waals surface area contributed by atoms with E-state index in [1.54, 1.807) is 25.0 Å². The van der Waals surface area contributed by atoms with Gasteiger partial charge in [-0.05, 0) is 18.9 Å². The molecule has 0 unspecified atom stereocenters. The summed E-state index contributed by atoms with van der Waals surface area (Å²) in [5.74, 6) is 2.49. The fourth-order valence-corrected chi connectivity index (χ4v) is 4.04. The van der Waals surface area contributed by atoms with E-state index in [2.05, 4.69) is 40.8 Å². The Hall–Kier alpha value is -2.87. The normalized spacial score (nSPS) is 18.6. The van der Waals surface area contributed by atoms with Crippen molar-refractivity contribution in [2.24, 2.45) is 0 Å². The number of hydrogen-bond donors (Lipinski definition) is 0. The summed E-state index contributed by atoms with van der Waals surface area (Å²) in [7, 11) is 0. The third-order valence-electron chi connectivity index (χ3n) is 5.63. The molecule has 5 heterocycles. The zero-order valence-corrected chi connectivity index (χ0v) is 15.7. The van der Waals surface area contributed by atoms with Gasteiger partial charge in [0.15, 0.2) is 0 Å². The Morgan fingerprint density at radius 3 is 2.54 bits per heavy atom. The summed E-state index contributed by atoms with van der Waals surface area (Å²) in [5.41, 5.74) is 2.02. The third-order valence-corrected chi connectivity index (χ3v) is 5.63. The lowest BCUT2D eigenvalue weighted by Gasteiger charge is -2.36. The van der Waals surface area contributed by atoms with Crippen LogP contribution in [0.5, 0.6) is 0 Å². The lowest BCUT2D eigenvalue weighted by Crippen LogP contribution is -2.47. The van der Waals surface area contributed by atoms with E-state index in [-0.39, 0.29) is 0 Å². The van der Waals surface area contributed by atoms with E-state index >= 15 is 0 Å². The second-order valence-electron chi connectivity index (χ2n) is 7.25. The number of anilines is 2. The minimum absolute atomic E-state index is 0.484. The highest BCUT2D eigenvalue weighted by molar-refractivity contribution is 5.88. The molecule has 144 valence electrons. The third kappa shape index (κ3) is 3.35. The number of aromatic nitrogens is 5. The first-order chi connectivity index (χ1) is 13.9. The van der Waals surface area contributed by atoms with Crippen molar-refractivity contribution in [3.05, 3.63) is 42.9 Å². The highest BCUT2D eigenvalue weighted by atomic mass is 16.5. The summed E-state index contributed by atoms with van der Waals surface area (Å²) >= 11 is 0. The molecule has 3 aromatic heterocycles. The minimum atomic E-state index is 0.484.